The molecule has 21 heavy (non-hydrogen) atoms. The first-order chi connectivity index (χ1) is 9.80. The molecule has 0 bridgehead atoms. The molecule has 3 nitrogen and oxygen atoms in total. The molecule has 0 saturated carbocycles. The molecule has 0 aliphatic carbocycles. The minimum absolute atomic E-state index is 0.0104. The van der Waals surface area contributed by atoms with Crippen molar-refractivity contribution in [2.75, 3.05) is 12.4 Å². The third-order valence-electron chi connectivity index (χ3n) is 2.57. The minimum Gasteiger partial charge on any atom is -0.403 e. The molecular weight excluding hydrogens is 295 g/mol. The van der Waals surface area contributed by atoms with E-state index in [9.17, 15) is 22.0 Å². The number of pyridine rings is 1. The first kappa shape index (κ1) is 15.0. The quantitative estimate of drug-likeness (QED) is 0.871. The molecule has 1 aromatic carbocycles. The van der Waals surface area contributed by atoms with Gasteiger partial charge in [-0.05, 0) is 23.8 Å². The van der Waals surface area contributed by atoms with E-state index in [0.717, 1.165) is 18.2 Å². The maximum Gasteiger partial charge on any atom is 0.573 e. The van der Waals surface area contributed by atoms with Crippen LogP contribution >= 0.6 is 0 Å². The molecule has 0 spiro atoms. The number of hydrogen-bond acceptors (Lipinski definition) is 3. The topological polar surface area (TPSA) is 34.2 Å². The molecule has 0 amide bonds. The molecule has 1 aromatic heterocycles. The van der Waals surface area contributed by atoms with E-state index in [2.05, 4.69) is 15.0 Å². The fraction of sp³-hybridized carbons (Fsp3) is 0.154. The second-order valence-corrected chi connectivity index (χ2v) is 4.00. The second-order valence-electron chi connectivity index (χ2n) is 4.00. The molecule has 112 valence electrons. The van der Waals surface area contributed by atoms with E-state index in [1.807, 2.05) is 0 Å². The summed E-state index contributed by atoms with van der Waals surface area (Å²) in [6.45, 7) is 0. The van der Waals surface area contributed by atoms with E-state index in [4.69, 9.17) is 0 Å². The third kappa shape index (κ3) is 3.59. The normalized spacial score (nSPS) is 11.3. The summed E-state index contributed by atoms with van der Waals surface area (Å²) < 4.78 is 66.7. The Balaban J connectivity index is 2.34. The van der Waals surface area contributed by atoms with Crippen LogP contribution in [-0.2, 0) is 0 Å². The fourth-order valence-corrected chi connectivity index (χ4v) is 1.67. The van der Waals surface area contributed by atoms with Crippen molar-refractivity contribution in [2.45, 2.75) is 6.36 Å². The van der Waals surface area contributed by atoms with Crippen molar-refractivity contribution in [3.8, 4) is 16.9 Å². The van der Waals surface area contributed by atoms with E-state index < -0.39 is 23.7 Å². The fourth-order valence-electron chi connectivity index (χ4n) is 1.67. The molecule has 0 radical (unpaired) electrons. The highest BCUT2D eigenvalue weighted by molar-refractivity contribution is 5.65. The smallest absolute Gasteiger partial charge is 0.403 e. The zero-order chi connectivity index (χ0) is 15.6. The van der Waals surface area contributed by atoms with E-state index in [1.54, 1.807) is 0 Å². The van der Waals surface area contributed by atoms with E-state index in [-0.39, 0.29) is 16.9 Å². The standard InChI is InChI=1S/C13H9F5N2O/c1-19-12-10(15)5-8(6-20-12)7-2-3-11(9(14)4-7)21-13(16,17)18/h2-6H,1H3,(H,19,20). The number of ether oxygens (including phenoxy) is 1. The van der Waals surface area contributed by atoms with Gasteiger partial charge in [-0.1, -0.05) is 6.07 Å². The van der Waals surface area contributed by atoms with Crippen LogP contribution in [-0.4, -0.2) is 18.4 Å². The van der Waals surface area contributed by atoms with E-state index in [1.165, 1.54) is 19.3 Å². The van der Waals surface area contributed by atoms with Crippen LogP contribution in [0.3, 0.4) is 0 Å². The van der Waals surface area contributed by atoms with Gasteiger partial charge in [-0.15, -0.1) is 13.2 Å². The lowest BCUT2D eigenvalue weighted by Gasteiger charge is -2.11. The first-order valence-electron chi connectivity index (χ1n) is 5.69. The number of hydrogen-bond donors (Lipinski definition) is 1. The Morgan fingerprint density at radius 3 is 2.24 bits per heavy atom. The van der Waals surface area contributed by atoms with Crippen molar-refractivity contribution in [1.29, 1.82) is 0 Å². The molecule has 0 saturated heterocycles. The molecule has 0 fully saturated rings. The molecule has 0 atom stereocenters. The van der Waals surface area contributed by atoms with Gasteiger partial charge in [-0.2, -0.15) is 0 Å². The van der Waals surface area contributed by atoms with Crippen molar-refractivity contribution in [3.63, 3.8) is 0 Å². The van der Waals surface area contributed by atoms with Gasteiger partial charge in [-0.3, -0.25) is 0 Å². The summed E-state index contributed by atoms with van der Waals surface area (Å²) in [5.74, 6) is -2.81. The average Bonchev–Trinajstić information content (AvgIpc) is 2.39. The molecule has 0 aliphatic heterocycles. The predicted octanol–water partition coefficient (Wildman–Crippen LogP) is 3.97. The summed E-state index contributed by atoms with van der Waals surface area (Å²) in [4.78, 5) is 3.76. The third-order valence-corrected chi connectivity index (χ3v) is 2.57. The summed E-state index contributed by atoms with van der Waals surface area (Å²) in [5.41, 5.74) is 0.403. The van der Waals surface area contributed by atoms with Gasteiger partial charge >= 0.3 is 6.36 Å². The van der Waals surface area contributed by atoms with Crippen LogP contribution in [0.25, 0.3) is 11.1 Å². The number of aromatic nitrogens is 1. The summed E-state index contributed by atoms with van der Waals surface area (Å²) in [6, 6.07) is 3.91. The molecule has 1 heterocycles. The van der Waals surface area contributed by atoms with Gasteiger partial charge < -0.3 is 10.1 Å². The highest BCUT2D eigenvalue weighted by atomic mass is 19.4. The predicted molar refractivity (Wildman–Crippen MR) is 65.8 cm³/mol. The highest BCUT2D eigenvalue weighted by Crippen LogP contribution is 2.30. The van der Waals surface area contributed by atoms with Crippen LogP contribution in [0.1, 0.15) is 0 Å². The van der Waals surface area contributed by atoms with Crippen molar-refractivity contribution < 1.29 is 26.7 Å². The van der Waals surface area contributed by atoms with Gasteiger partial charge in [0.15, 0.2) is 23.2 Å². The Morgan fingerprint density at radius 2 is 1.71 bits per heavy atom. The van der Waals surface area contributed by atoms with Crippen LogP contribution in [0.2, 0.25) is 0 Å². The zero-order valence-electron chi connectivity index (χ0n) is 10.6. The Morgan fingerprint density at radius 1 is 1.05 bits per heavy atom. The lowest BCUT2D eigenvalue weighted by molar-refractivity contribution is -0.275. The van der Waals surface area contributed by atoms with Gasteiger partial charge in [-0.25, -0.2) is 13.8 Å². The van der Waals surface area contributed by atoms with Crippen LogP contribution in [0.4, 0.5) is 27.8 Å². The number of halogens is 5. The van der Waals surface area contributed by atoms with E-state index in [0.29, 0.717) is 0 Å². The second kappa shape index (κ2) is 5.55. The molecular formula is C13H9F5N2O. The average molecular weight is 304 g/mol. The maximum atomic E-state index is 13.6. The molecule has 2 rings (SSSR count). The van der Waals surface area contributed by atoms with Gasteiger partial charge in [0, 0.05) is 18.8 Å². The zero-order valence-corrected chi connectivity index (χ0v) is 10.6. The van der Waals surface area contributed by atoms with Crippen LogP contribution < -0.4 is 10.1 Å². The molecule has 2 aromatic rings. The Bertz CT molecular complexity index is 657. The van der Waals surface area contributed by atoms with Gasteiger partial charge in [0.2, 0.25) is 0 Å². The van der Waals surface area contributed by atoms with E-state index >= 15 is 0 Å². The summed E-state index contributed by atoms with van der Waals surface area (Å²) in [7, 11) is 1.48. The lowest BCUT2D eigenvalue weighted by Crippen LogP contribution is -2.17. The Hall–Kier alpha value is -2.38. The number of nitrogens with zero attached hydrogens (tertiary/aromatic N) is 1. The van der Waals surface area contributed by atoms with Gasteiger partial charge in [0.05, 0.1) is 0 Å². The number of benzene rings is 1. The largest absolute Gasteiger partial charge is 0.573 e. The van der Waals surface area contributed by atoms with Crippen LogP contribution in [0.15, 0.2) is 30.5 Å². The monoisotopic (exact) mass is 304 g/mol. The number of anilines is 1. The minimum atomic E-state index is -4.98. The Labute approximate surface area is 116 Å². The van der Waals surface area contributed by atoms with Crippen LogP contribution in [0.5, 0.6) is 5.75 Å². The van der Waals surface area contributed by atoms with Crippen molar-refractivity contribution >= 4 is 5.82 Å². The molecule has 8 heteroatoms. The summed E-state index contributed by atoms with van der Waals surface area (Å²) in [5, 5.41) is 2.51. The molecule has 0 unspecified atom stereocenters. The van der Waals surface area contributed by atoms with Crippen LogP contribution in [0, 0.1) is 11.6 Å². The lowest BCUT2D eigenvalue weighted by atomic mass is 10.1. The van der Waals surface area contributed by atoms with Gasteiger partial charge in [0.1, 0.15) is 0 Å². The van der Waals surface area contributed by atoms with Crippen molar-refractivity contribution in [1.82, 2.24) is 4.98 Å². The summed E-state index contributed by atoms with van der Waals surface area (Å²) in [6.07, 6.45) is -3.71. The summed E-state index contributed by atoms with van der Waals surface area (Å²) >= 11 is 0. The number of alkyl halides is 3. The van der Waals surface area contributed by atoms with Gasteiger partial charge in [0.25, 0.3) is 0 Å². The maximum absolute atomic E-state index is 13.6. The number of rotatable bonds is 3. The molecule has 0 aliphatic rings. The SMILES string of the molecule is CNc1ncc(-c2ccc(OC(F)(F)F)c(F)c2)cc1F. The first-order valence-corrected chi connectivity index (χ1v) is 5.69. The number of nitrogens with one attached hydrogen (secondary N) is 1. The van der Waals surface area contributed by atoms with Crippen molar-refractivity contribution in [2.24, 2.45) is 0 Å². The molecule has 1 N–H and O–H groups in total. The Kier molecular flexibility index (Phi) is 3.97. The highest BCUT2D eigenvalue weighted by Gasteiger charge is 2.32. The van der Waals surface area contributed by atoms with Crippen molar-refractivity contribution in [3.05, 3.63) is 42.1 Å².